The summed E-state index contributed by atoms with van der Waals surface area (Å²) in [5.74, 6) is 0.803. The van der Waals surface area contributed by atoms with Crippen LogP contribution in [0.3, 0.4) is 0 Å². The molecule has 0 spiro atoms. The average Bonchev–Trinajstić information content (AvgIpc) is 3.03. The molecule has 2 aromatic carbocycles. The molecule has 1 heterocycles. The van der Waals surface area contributed by atoms with Crippen molar-refractivity contribution >= 4 is 5.69 Å². The van der Waals surface area contributed by atoms with Crippen LogP contribution in [0.2, 0.25) is 0 Å². The minimum absolute atomic E-state index is 0.803. The summed E-state index contributed by atoms with van der Waals surface area (Å²) in [6.45, 7) is 1.08. The Morgan fingerprint density at radius 3 is 2.38 bits per heavy atom. The molecule has 1 N–H and O–H groups in total. The summed E-state index contributed by atoms with van der Waals surface area (Å²) in [5.41, 5.74) is 7.03. The summed E-state index contributed by atoms with van der Waals surface area (Å²) < 4.78 is 0. The number of fused-ring (bicyclic) bond motifs is 1. The maximum Gasteiger partial charge on any atom is 0.0373 e. The van der Waals surface area contributed by atoms with Crippen molar-refractivity contribution < 1.29 is 0 Å². The summed E-state index contributed by atoms with van der Waals surface area (Å²) in [7, 11) is 0. The highest BCUT2D eigenvalue weighted by Crippen LogP contribution is 2.34. The average molecular weight is 277 g/mol. The van der Waals surface area contributed by atoms with Crippen molar-refractivity contribution in [2.24, 2.45) is 0 Å². The first-order valence-electron chi connectivity index (χ1n) is 8.37. The van der Waals surface area contributed by atoms with E-state index in [1.807, 2.05) is 0 Å². The smallest absolute Gasteiger partial charge is 0.0373 e. The molecule has 2 aliphatic rings. The van der Waals surface area contributed by atoms with Crippen LogP contribution in [-0.2, 0) is 6.42 Å². The van der Waals surface area contributed by atoms with E-state index in [1.165, 1.54) is 54.5 Å². The van der Waals surface area contributed by atoms with Crippen molar-refractivity contribution in [3.05, 3.63) is 53.6 Å². The number of benzene rings is 2. The molecule has 0 bridgehead atoms. The monoisotopic (exact) mass is 277 g/mol. The molecule has 1 nitrogen and oxygen atoms in total. The summed E-state index contributed by atoms with van der Waals surface area (Å²) in [5, 5.41) is 3.43. The number of anilines is 1. The SMILES string of the molecule is c1cc(C2CCCCC2)ccc1-c1ccc2c(c1)CCN2. The lowest BCUT2D eigenvalue weighted by Crippen LogP contribution is -2.04. The van der Waals surface area contributed by atoms with Gasteiger partial charge in [-0.3, -0.25) is 0 Å². The van der Waals surface area contributed by atoms with Crippen molar-refractivity contribution in [3.8, 4) is 11.1 Å². The molecule has 1 aliphatic carbocycles. The van der Waals surface area contributed by atoms with Gasteiger partial charge in [0.25, 0.3) is 0 Å². The third-order valence-corrected chi connectivity index (χ3v) is 5.14. The van der Waals surface area contributed by atoms with E-state index in [4.69, 9.17) is 0 Å². The van der Waals surface area contributed by atoms with Gasteiger partial charge >= 0.3 is 0 Å². The lowest BCUT2D eigenvalue weighted by atomic mass is 9.83. The number of hydrogen-bond acceptors (Lipinski definition) is 1. The fourth-order valence-electron chi connectivity index (χ4n) is 3.87. The molecule has 1 saturated carbocycles. The maximum absolute atomic E-state index is 3.43. The topological polar surface area (TPSA) is 12.0 Å². The molecular weight excluding hydrogens is 254 g/mol. The standard InChI is InChI=1S/C20H23N/c1-2-4-15(5-3-1)16-6-8-17(9-7-16)18-10-11-20-19(14-18)12-13-21-20/h6-11,14-15,21H,1-5,12-13H2. The molecular formula is C20H23N. The van der Waals surface area contributed by atoms with Crippen LogP contribution in [0.5, 0.6) is 0 Å². The van der Waals surface area contributed by atoms with Gasteiger partial charge in [0.1, 0.15) is 0 Å². The van der Waals surface area contributed by atoms with E-state index in [-0.39, 0.29) is 0 Å². The second kappa shape index (κ2) is 5.55. The predicted octanol–water partition coefficient (Wildman–Crippen LogP) is 5.37. The summed E-state index contributed by atoms with van der Waals surface area (Å²) in [6.07, 6.45) is 8.16. The lowest BCUT2D eigenvalue weighted by molar-refractivity contribution is 0.443. The van der Waals surface area contributed by atoms with Crippen molar-refractivity contribution in [2.75, 3.05) is 11.9 Å². The fourth-order valence-corrected chi connectivity index (χ4v) is 3.87. The normalized spacial score (nSPS) is 18.3. The van der Waals surface area contributed by atoms with Crippen molar-refractivity contribution in [3.63, 3.8) is 0 Å². The first-order chi connectivity index (χ1) is 10.4. The lowest BCUT2D eigenvalue weighted by Gasteiger charge is -2.22. The first kappa shape index (κ1) is 12.9. The van der Waals surface area contributed by atoms with Crippen LogP contribution < -0.4 is 5.32 Å². The zero-order valence-electron chi connectivity index (χ0n) is 12.6. The highest BCUT2D eigenvalue weighted by Gasteiger charge is 2.15. The van der Waals surface area contributed by atoms with Crippen LogP contribution in [0.25, 0.3) is 11.1 Å². The van der Waals surface area contributed by atoms with E-state index < -0.39 is 0 Å². The molecule has 2 aromatic rings. The van der Waals surface area contributed by atoms with Crippen molar-refractivity contribution in [1.82, 2.24) is 0 Å². The summed E-state index contributed by atoms with van der Waals surface area (Å²) >= 11 is 0. The van der Waals surface area contributed by atoms with Gasteiger partial charge in [0.2, 0.25) is 0 Å². The van der Waals surface area contributed by atoms with Gasteiger partial charge < -0.3 is 5.32 Å². The van der Waals surface area contributed by atoms with Crippen LogP contribution in [0.4, 0.5) is 5.69 Å². The predicted molar refractivity (Wildman–Crippen MR) is 89.9 cm³/mol. The largest absolute Gasteiger partial charge is 0.384 e. The van der Waals surface area contributed by atoms with Crippen LogP contribution in [0.15, 0.2) is 42.5 Å². The molecule has 0 aromatic heterocycles. The molecule has 1 fully saturated rings. The third kappa shape index (κ3) is 2.57. The maximum atomic E-state index is 3.43. The molecule has 108 valence electrons. The Morgan fingerprint density at radius 2 is 1.57 bits per heavy atom. The second-order valence-electron chi connectivity index (χ2n) is 6.51. The Kier molecular flexibility index (Phi) is 3.42. The highest BCUT2D eigenvalue weighted by molar-refractivity contribution is 5.70. The number of nitrogens with one attached hydrogen (secondary N) is 1. The van der Waals surface area contributed by atoms with E-state index in [1.54, 1.807) is 5.56 Å². The Labute approximate surface area is 127 Å². The molecule has 4 rings (SSSR count). The molecule has 1 heteroatoms. The molecule has 0 amide bonds. The molecule has 0 unspecified atom stereocenters. The van der Waals surface area contributed by atoms with Crippen molar-refractivity contribution in [2.45, 2.75) is 44.4 Å². The Morgan fingerprint density at radius 1 is 0.810 bits per heavy atom. The van der Waals surface area contributed by atoms with Gasteiger partial charge in [-0.1, -0.05) is 49.6 Å². The van der Waals surface area contributed by atoms with E-state index in [2.05, 4.69) is 47.8 Å². The van der Waals surface area contributed by atoms with Gasteiger partial charge in [0, 0.05) is 12.2 Å². The van der Waals surface area contributed by atoms with E-state index >= 15 is 0 Å². The molecule has 0 radical (unpaired) electrons. The Hall–Kier alpha value is -1.76. The Bertz CT molecular complexity index is 621. The summed E-state index contributed by atoms with van der Waals surface area (Å²) in [4.78, 5) is 0. The minimum atomic E-state index is 0.803. The zero-order chi connectivity index (χ0) is 14.1. The summed E-state index contributed by atoms with van der Waals surface area (Å²) in [6, 6.07) is 16.2. The molecule has 21 heavy (non-hydrogen) atoms. The van der Waals surface area contributed by atoms with Gasteiger partial charge in [-0.05, 0) is 59.6 Å². The zero-order valence-corrected chi connectivity index (χ0v) is 12.6. The van der Waals surface area contributed by atoms with Crippen LogP contribution in [-0.4, -0.2) is 6.54 Å². The van der Waals surface area contributed by atoms with Gasteiger partial charge in [-0.2, -0.15) is 0 Å². The quantitative estimate of drug-likeness (QED) is 0.778. The van der Waals surface area contributed by atoms with Gasteiger partial charge in [-0.15, -0.1) is 0 Å². The van der Waals surface area contributed by atoms with E-state index in [0.29, 0.717) is 0 Å². The van der Waals surface area contributed by atoms with Crippen LogP contribution in [0.1, 0.15) is 49.1 Å². The van der Waals surface area contributed by atoms with Gasteiger partial charge in [0.05, 0.1) is 0 Å². The third-order valence-electron chi connectivity index (χ3n) is 5.14. The van der Waals surface area contributed by atoms with Crippen molar-refractivity contribution in [1.29, 1.82) is 0 Å². The van der Waals surface area contributed by atoms with Crippen LogP contribution >= 0.6 is 0 Å². The van der Waals surface area contributed by atoms with Crippen LogP contribution in [0, 0.1) is 0 Å². The number of hydrogen-bond donors (Lipinski definition) is 1. The number of rotatable bonds is 2. The van der Waals surface area contributed by atoms with Gasteiger partial charge in [-0.25, -0.2) is 0 Å². The molecule has 0 saturated heterocycles. The fraction of sp³-hybridized carbons (Fsp3) is 0.400. The van der Waals surface area contributed by atoms with E-state index in [9.17, 15) is 0 Å². The second-order valence-corrected chi connectivity index (χ2v) is 6.51. The van der Waals surface area contributed by atoms with E-state index in [0.717, 1.165) is 18.9 Å². The minimum Gasteiger partial charge on any atom is -0.384 e. The Balaban J connectivity index is 1.58. The first-order valence-corrected chi connectivity index (χ1v) is 8.37. The molecule has 0 atom stereocenters. The van der Waals surface area contributed by atoms with Gasteiger partial charge in [0.15, 0.2) is 0 Å². The highest BCUT2D eigenvalue weighted by atomic mass is 14.9. The molecule has 1 aliphatic heterocycles.